The normalized spacial score (nSPS) is 22.7. The molecule has 0 spiro atoms. The SMILES string of the molecule is CN1CCC(C(=O)NC(C)(C)C)C1=O. The molecule has 0 radical (unpaired) electrons. The zero-order valence-electron chi connectivity index (χ0n) is 9.26. The molecule has 4 heteroatoms. The van der Waals surface area contributed by atoms with Crippen LogP contribution in [0.2, 0.25) is 0 Å². The lowest BCUT2D eigenvalue weighted by Crippen LogP contribution is -2.45. The second kappa shape index (κ2) is 3.59. The predicted octanol–water partition coefficient (Wildman–Crippen LogP) is 0.379. The molecule has 1 heterocycles. The number of carbonyl (C=O) groups excluding carboxylic acids is 2. The molecule has 14 heavy (non-hydrogen) atoms. The smallest absolute Gasteiger partial charge is 0.234 e. The monoisotopic (exact) mass is 198 g/mol. The van der Waals surface area contributed by atoms with Crippen molar-refractivity contribution in [2.75, 3.05) is 13.6 Å². The quantitative estimate of drug-likeness (QED) is 0.619. The third kappa shape index (κ3) is 2.47. The van der Waals surface area contributed by atoms with E-state index in [1.54, 1.807) is 11.9 Å². The molecule has 1 rings (SSSR count). The van der Waals surface area contributed by atoms with Crippen LogP contribution in [0.25, 0.3) is 0 Å². The second-order valence-corrected chi connectivity index (χ2v) is 4.84. The van der Waals surface area contributed by atoms with Crippen LogP contribution in [0.4, 0.5) is 0 Å². The molecule has 1 aliphatic heterocycles. The van der Waals surface area contributed by atoms with Crippen LogP contribution in [-0.2, 0) is 9.59 Å². The summed E-state index contributed by atoms with van der Waals surface area (Å²) in [6.45, 7) is 6.41. The Bertz CT molecular complexity index is 255. The molecule has 1 unspecified atom stereocenters. The maximum atomic E-state index is 11.7. The van der Waals surface area contributed by atoms with E-state index in [2.05, 4.69) is 5.32 Å². The lowest BCUT2D eigenvalue weighted by atomic mass is 10.0. The zero-order valence-corrected chi connectivity index (χ0v) is 9.26. The average molecular weight is 198 g/mol. The maximum absolute atomic E-state index is 11.7. The van der Waals surface area contributed by atoms with Crippen molar-refractivity contribution < 1.29 is 9.59 Å². The van der Waals surface area contributed by atoms with E-state index < -0.39 is 5.92 Å². The summed E-state index contributed by atoms with van der Waals surface area (Å²) < 4.78 is 0. The number of nitrogens with one attached hydrogen (secondary N) is 1. The molecule has 0 aromatic rings. The van der Waals surface area contributed by atoms with Crippen molar-refractivity contribution in [1.29, 1.82) is 0 Å². The third-order valence-corrected chi connectivity index (χ3v) is 2.24. The Balaban J connectivity index is 2.59. The van der Waals surface area contributed by atoms with Crippen LogP contribution >= 0.6 is 0 Å². The van der Waals surface area contributed by atoms with E-state index in [-0.39, 0.29) is 17.4 Å². The Morgan fingerprint density at radius 1 is 1.50 bits per heavy atom. The molecule has 0 aromatic heterocycles. The van der Waals surface area contributed by atoms with Crippen LogP contribution in [0.15, 0.2) is 0 Å². The van der Waals surface area contributed by atoms with Crippen LogP contribution in [0.3, 0.4) is 0 Å². The van der Waals surface area contributed by atoms with Gasteiger partial charge >= 0.3 is 0 Å². The van der Waals surface area contributed by atoms with Gasteiger partial charge in [0, 0.05) is 19.1 Å². The van der Waals surface area contributed by atoms with Gasteiger partial charge in [0.05, 0.1) is 0 Å². The lowest BCUT2D eigenvalue weighted by Gasteiger charge is -2.22. The molecule has 4 nitrogen and oxygen atoms in total. The van der Waals surface area contributed by atoms with Gasteiger partial charge in [0.2, 0.25) is 11.8 Å². The van der Waals surface area contributed by atoms with Crippen molar-refractivity contribution in [3.63, 3.8) is 0 Å². The molecule has 1 aliphatic rings. The molecule has 2 amide bonds. The summed E-state index contributed by atoms with van der Waals surface area (Å²) in [4.78, 5) is 24.8. The fraction of sp³-hybridized carbons (Fsp3) is 0.800. The standard InChI is InChI=1S/C10H18N2O2/c1-10(2,3)11-8(13)7-5-6-12(4)9(7)14/h7H,5-6H2,1-4H3,(H,11,13). The number of rotatable bonds is 1. The Kier molecular flexibility index (Phi) is 2.83. The number of amides is 2. The highest BCUT2D eigenvalue weighted by molar-refractivity contribution is 6.01. The number of hydrogen-bond donors (Lipinski definition) is 1. The fourth-order valence-corrected chi connectivity index (χ4v) is 1.52. The van der Waals surface area contributed by atoms with E-state index in [1.807, 2.05) is 20.8 Å². The summed E-state index contributed by atoms with van der Waals surface area (Å²) in [6.07, 6.45) is 0.636. The van der Waals surface area contributed by atoms with Crippen molar-refractivity contribution in [1.82, 2.24) is 10.2 Å². The van der Waals surface area contributed by atoms with Gasteiger partial charge in [-0.1, -0.05) is 0 Å². The predicted molar refractivity (Wildman–Crippen MR) is 53.6 cm³/mol. The highest BCUT2D eigenvalue weighted by Gasteiger charge is 2.35. The van der Waals surface area contributed by atoms with E-state index in [0.717, 1.165) is 0 Å². The number of likely N-dealkylation sites (tertiary alicyclic amines) is 1. The molecule has 1 N–H and O–H groups in total. The van der Waals surface area contributed by atoms with Crippen molar-refractivity contribution >= 4 is 11.8 Å². The Morgan fingerprint density at radius 2 is 2.07 bits per heavy atom. The number of carbonyl (C=O) groups is 2. The molecule has 0 aromatic carbocycles. The minimum absolute atomic E-state index is 0.0632. The lowest BCUT2D eigenvalue weighted by molar-refractivity contribution is -0.137. The van der Waals surface area contributed by atoms with Crippen molar-refractivity contribution in [3.8, 4) is 0 Å². The van der Waals surface area contributed by atoms with Gasteiger partial charge in [-0.15, -0.1) is 0 Å². The Hall–Kier alpha value is -1.06. The van der Waals surface area contributed by atoms with E-state index in [9.17, 15) is 9.59 Å². The van der Waals surface area contributed by atoms with E-state index in [4.69, 9.17) is 0 Å². The van der Waals surface area contributed by atoms with Crippen molar-refractivity contribution in [2.45, 2.75) is 32.7 Å². The maximum Gasteiger partial charge on any atom is 0.234 e. The Labute approximate surface area is 84.7 Å². The number of nitrogens with zero attached hydrogens (tertiary/aromatic N) is 1. The largest absolute Gasteiger partial charge is 0.351 e. The van der Waals surface area contributed by atoms with E-state index >= 15 is 0 Å². The van der Waals surface area contributed by atoms with Crippen LogP contribution in [0.1, 0.15) is 27.2 Å². The number of hydrogen-bond acceptors (Lipinski definition) is 2. The second-order valence-electron chi connectivity index (χ2n) is 4.84. The summed E-state index contributed by atoms with van der Waals surface area (Å²) in [5.74, 6) is -0.683. The van der Waals surface area contributed by atoms with Crippen LogP contribution < -0.4 is 5.32 Å². The highest BCUT2D eigenvalue weighted by atomic mass is 16.2. The minimum Gasteiger partial charge on any atom is -0.351 e. The molecule has 0 bridgehead atoms. The third-order valence-electron chi connectivity index (χ3n) is 2.24. The van der Waals surface area contributed by atoms with Crippen LogP contribution in [0, 0.1) is 5.92 Å². The minimum atomic E-state index is -0.473. The highest BCUT2D eigenvalue weighted by Crippen LogP contribution is 2.17. The molecule has 1 atom stereocenters. The molecule has 1 fully saturated rings. The first kappa shape index (κ1) is 11.0. The van der Waals surface area contributed by atoms with Crippen LogP contribution in [-0.4, -0.2) is 35.8 Å². The first-order valence-corrected chi connectivity index (χ1v) is 4.88. The van der Waals surface area contributed by atoms with Crippen molar-refractivity contribution in [3.05, 3.63) is 0 Å². The zero-order chi connectivity index (χ0) is 10.9. The molecular weight excluding hydrogens is 180 g/mol. The topological polar surface area (TPSA) is 49.4 Å². The van der Waals surface area contributed by atoms with Gasteiger partial charge in [0.25, 0.3) is 0 Å². The van der Waals surface area contributed by atoms with Crippen molar-refractivity contribution in [2.24, 2.45) is 5.92 Å². The summed E-state index contributed by atoms with van der Waals surface area (Å²) in [5, 5.41) is 2.83. The molecule has 80 valence electrons. The summed E-state index contributed by atoms with van der Waals surface area (Å²) >= 11 is 0. The fourth-order valence-electron chi connectivity index (χ4n) is 1.52. The first-order chi connectivity index (χ1) is 6.31. The van der Waals surface area contributed by atoms with Crippen LogP contribution in [0.5, 0.6) is 0 Å². The molecule has 1 saturated heterocycles. The molecule has 0 saturated carbocycles. The molecular formula is C10H18N2O2. The van der Waals surface area contributed by atoms with Gasteiger partial charge in [-0.05, 0) is 27.2 Å². The molecule has 0 aliphatic carbocycles. The van der Waals surface area contributed by atoms with Gasteiger partial charge in [-0.2, -0.15) is 0 Å². The van der Waals surface area contributed by atoms with Gasteiger partial charge in [-0.25, -0.2) is 0 Å². The van der Waals surface area contributed by atoms with Gasteiger partial charge in [0.15, 0.2) is 0 Å². The Morgan fingerprint density at radius 3 is 2.43 bits per heavy atom. The van der Waals surface area contributed by atoms with E-state index in [0.29, 0.717) is 13.0 Å². The van der Waals surface area contributed by atoms with E-state index in [1.165, 1.54) is 0 Å². The van der Waals surface area contributed by atoms with Gasteiger partial charge in [0.1, 0.15) is 5.92 Å². The van der Waals surface area contributed by atoms with Gasteiger partial charge in [-0.3, -0.25) is 9.59 Å². The average Bonchev–Trinajstić information content (AvgIpc) is 2.29. The summed E-state index contributed by atoms with van der Waals surface area (Å²) in [7, 11) is 1.73. The summed E-state index contributed by atoms with van der Waals surface area (Å²) in [5.41, 5.74) is -0.265. The van der Waals surface area contributed by atoms with Gasteiger partial charge < -0.3 is 10.2 Å². The first-order valence-electron chi connectivity index (χ1n) is 4.88. The summed E-state index contributed by atoms with van der Waals surface area (Å²) in [6, 6.07) is 0.